The van der Waals surface area contributed by atoms with Crippen molar-refractivity contribution < 1.29 is 0 Å². The Morgan fingerprint density at radius 1 is 1.60 bits per heavy atom. The molecule has 0 saturated carbocycles. The minimum atomic E-state index is 0.0966. The monoisotopic (exact) mass is 223 g/mol. The van der Waals surface area contributed by atoms with Crippen LogP contribution >= 0.6 is 11.6 Å². The highest BCUT2D eigenvalue weighted by Gasteiger charge is 2.12. The highest BCUT2D eigenvalue weighted by molar-refractivity contribution is 6.34. The fourth-order valence-electron chi connectivity index (χ4n) is 1.78. The molecule has 15 heavy (non-hydrogen) atoms. The van der Waals surface area contributed by atoms with Crippen LogP contribution in [0.2, 0.25) is 5.02 Å². The molecular formula is C11H14ClN3. The molecule has 0 aromatic carbocycles. The fourth-order valence-corrected chi connectivity index (χ4v) is 2.05. The number of imidazole rings is 1. The van der Waals surface area contributed by atoms with Crippen LogP contribution in [0.5, 0.6) is 0 Å². The maximum Gasteiger partial charge on any atom is 0.110 e. The van der Waals surface area contributed by atoms with Crippen molar-refractivity contribution in [3.05, 3.63) is 34.9 Å². The van der Waals surface area contributed by atoms with E-state index in [0.717, 1.165) is 28.5 Å². The number of halogens is 1. The summed E-state index contributed by atoms with van der Waals surface area (Å²) in [4.78, 5) is 4.49. The van der Waals surface area contributed by atoms with E-state index in [1.807, 2.05) is 36.6 Å². The second-order valence-corrected chi connectivity index (χ2v) is 4.27. The number of nitrogens with zero attached hydrogens (tertiary/aromatic N) is 2. The molecule has 2 aromatic rings. The quantitative estimate of drug-likeness (QED) is 0.848. The second kappa shape index (κ2) is 3.83. The summed E-state index contributed by atoms with van der Waals surface area (Å²) in [6.45, 7) is 3.94. The Morgan fingerprint density at radius 3 is 3.00 bits per heavy atom. The molecule has 0 aliphatic rings. The summed E-state index contributed by atoms with van der Waals surface area (Å²) in [5.74, 6) is 0.947. The normalized spacial score (nSPS) is 13.3. The summed E-state index contributed by atoms with van der Waals surface area (Å²) in [5.41, 5.74) is 7.74. The van der Waals surface area contributed by atoms with Gasteiger partial charge in [0.05, 0.1) is 16.2 Å². The van der Waals surface area contributed by atoms with E-state index in [0.29, 0.717) is 0 Å². The second-order valence-electron chi connectivity index (χ2n) is 3.86. The Hall–Kier alpha value is -1.06. The number of pyridine rings is 1. The highest BCUT2D eigenvalue weighted by Crippen LogP contribution is 2.22. The molecule has 80 valence electrons. The van der Waals surface area contributed by atoms with Gasteiger partial charge in [0.1, 0.15) is 5.82 Å². The van der Waals surface area contributed by atoms with Gasteiger partial charge in [0.15, 0.2) is 0 Å². The first-order chi connectivity index (χ1) is 7.09. The Bertz CT molecular complexity index is 488. The summed E-state index contributed by atoms with van der Waals surface area (Å²) < 4.78 is 2.00. The van der Waals surface area contributed by atoms with Crippen molar-refractivity contribution in [2.24, 2.45) is 5.73 Å². The smallest absolute Gasteiger partial charge is 0.110 e. The molecule has 3 nitrogen and oxygen atoms in total. The molecule has 0 aliphatic carbocycles. The molecule has 4 heteroatoms. The van der Waals surface area contributed by atoms with E-state index < -0.39 is 0 Å². The number of aryl methyl sites for hydroxylation is 1. The van der Waals surface area contributed by atoms with Crippen molar-refractivity contribution in [3.8, 4) is 0 Å². The maximum atomic E-state index is 6.16. The molecule has 0 aliphatic heterocycles. The third-order valence-corrected chi connectivity index (χ3v) is 2.68. The molecule has 0 fully saturated rings. The molecule has 0 amide bonds. The SMILES string of the molecule is Cc1nc(CC(C)N)c2c(Cl)cccn12. The third kappa shape index (κ3) is 1.85. The number of fused-ring (bicyclic) bond motifs is 1. The predicted molar refractivity (Wildman–Crippen MR) is 62.3 cm³/mol. The van der Waals surface area contributed by atoms with E-state index in [1.165, 1.54) is 0 Å². The molecule has 2 aromatic heterocycles. The Balaban J connectivity index is 2.65. The van der Waals surface area contributed by atoms with Gasteiger partial charge in [-0.2, -0.15) is 0 Å². The first-order valence-corrected chi connectivity index (χ1v) is 5.35. The van der Waals surface area contributed by atoms with Crippen molar-refractivity contribution in [2.45, 2.75) is 26.3 Å². The molecule has 0 spiro atoms. The first-order valence-electron chi connectivity index (χ1n) is 4.97. The minimum absolute atomic E-state index is 0.0966. The standard InChI is InChI=1S/C11H14ClN3/c1-7(13)6-10-11-9(12)4-3-5-15(11)8(2)14-10/h3-5,7H,6,13H2,1-2H3. The summed E-state index contributed by atoms with van der Waals surface area (Å²) in [5, 5.41) is 0.730. The summed E-state index contributed by atoms with van der Waals surface area (Å²) in [7, 11) is 0. The van der Waals surface area contributed by atoms with Gasteiger partial charge >= 0.3 is 0 Å². The average molecular weight is 224 g/mol. The van der Waals surface area contributed by atoms with Crippen LogP contribution in [0, 0.1) is 6.92 Å². The molecule has 1 atom stereocenters. The van der Waals surface area contributed by atoms with E-state index in [2.05, 4.69) is 4.98 Å². The molecule has 0 saturated heterocycles. The van der Waals surface area contributed by atoms with Crippen LogP contribution in [-0.2, 0) is 6.42 Å². The van der Waals surface area contributed by atoms with Crippen LogP contribution in [0.1, 0.15) is 18.4 Å². The van der Waals surface area contributed by atoms with Crippen LogP contribution < -0.4 is 5.73 Å². The molecular weight excluding hydrogens is 210 g/mol. The van der Waals surface area contributed by atoms with Crippen LogP contribution in [0.4, 0.5) is 0 Å². The number of aromatic nitrogens is 2. The molecule has 1 unspecified atom stereocenters. The van der Waals surface area contributed by atoms with Gasteiger partial charge in [-0.25, -0.2) is 4.98 Å². The van der Waals surface area contributed by atoms with Gasteiger partial charge < -0.3 is 10.1 Å². The van der Waals surface area contributed by atoms with Crippen molar-refractivity contribution in [1.82, 2.24) is 9.38 Å². The van der Waals surface area contributed by atoms with E-state index in [9.17, 15) is 0 Å². The van der Waals surface area contributed by atoms with Gasteiger partial charge in [-0.15, -0.1) is 0 Å². The van der Waals surface area contributed by atoms with Gasteiger partial charge in [-0.3, -0.25) is 0 Å². The fraction of sp³-hybridized carbons (Fsp3) is 0.364. The van der Waals surface area contributed by atoms with Crippen molar-refractivity contribution >= 4 is 17.1 Å². The number of rotatable bonds is 2. The number of hydrogen-bond donors (Lipinski definition) is 1. The molecule has 2 N–H and O–H groups in total. The lowest BCUT2D eigenvalue weighted by atomic mass is 10.2. The Labute approximate surface area is 93.9 Å². The van der Waals surface area contributed by atoms with E-state index >= 15 is 0 Å². The van der Waals surface area contributed by atoms with Gasteiger partial charge in [0, 0.05) is 18.7 Å². The molecule has 0 radical (unpaired) electrons. The summed E-state index contributed by atoms with van der Waals surface area (Å²) >= 11 is 6.16. The van der Waals surface area contributed by atoms with Gasteiger partial charge in [-0.1, -0.05) is 11.6 Å². The largest absolute Gasteiger partial charge is 0.328 e. The van der Waals surface area contributed by atoms with E-state index in [4.69, 9.17) is 17.3 Å². The number of nitrogens with two attached hydrogens (primary N) is 1. The maximum absolute atomic E-state index is 6.16. The zero-order valence-corrected chi connectivity index (χ0v) is 9.62. The van der Waals surface area contributed by atoms with Crippen LogP contribution in [0.15, 0.2) is 18.3 Å². The van der Waals surface area contributed by atoms with Gasteiger partial charge in [0.25, 0.3) is 0 Å². The zero-order chi connectivity index (χ0) is 11.0. The first kappa shape index (κ1) is 10.5. The molecule has 0 bridgehead atoms. The molecule has 2 rings (SSSR count). The lowest BCUT2D eigenvalue weighted by Gasteiger charge is -2.03. The van der Waals surface area contributed by atoms with Crippen LogP contribution in [-0.4, -0.2) is 15.4 Å². The Kier molecular flexibility index (Phi) is 2.67. The summed E-state index contributed by atoms with van der Waals surface area (Å²) in [6, 6.07) is 3.89. The van der Waals surface area contributed by atoms with Crippen LogP contribution in [0.3, 0.4) is 0 Å². The summed E-state index contributed by atoms with van der Waals surface area (Å²) in [6.07, 6.45) is 2.72. The van der Waals surface area contributed by atoms with Crippen LogP contribution in [0.25, 0.3) is 5.52 Å². The Morgan fingerprint density at radius 2 is 2.33 bits per heavy atom. The average Bonchev–Trinajstić information content (AvgIpc) is 2.44. The topological polar surface area (TPSA) is 43.3 Å². The van der Waals surface area contributed by atoms with Crippen molar-refractivity contribution in [1.29, 1.82) is 0 Å². The zero-order valence-electron chi connectivity index (χ0n) is 8.87. The van der Waals surface area contributed by atoms with Gasteiger partial charge in [0.2, 0.25) is 0 Å². The van der Waals surface area contributed by atoms with E-state index in [1.54, 1.807) is 0 Å². The third-order valence-electron chi connectivity index (χ3n) is 2.38. The molecule has 2 heterocycles. The number of hydrogen-bond acceptors (Lipinski definition) is 2. The van der Waals surface area contributed by atoms with Crippen molar-refractivity contribution in [3.63, 3.8) is 0 Å². The lowest BCUT2D eigenvalue weighted by Crippen LogP contribution is -2.18. The van der Waals surface area contributed by atoms with Gasteiger partial charge in [-0.05, 0) is 26.0 Å². The van der Waals surface area contributed by atoms with Crippen molar-refractivity contribution in [2.75, 3.05) is 0 Å². The van der Waals surface area contributed by atoms with E-state index in [-0.39, 0.29) is 6.04 Å². The predicted octanol–water partition coefficient (Wildman–Crippen LogP) is 2.19. The lowest BCUT2D eigenvalue weighted by molar-refractivity contribution is 0.728. The minimum Gasteiger partial charge on any atom is -0.328 e. The highest BCUT2D eigenvalue weighted by atomic mass is 35.5.